The minimum Gasteiger partial charge on any atom is -0.421 e. The van der Waals surface area contributed by atoms with E-state index in [1.165, 1.54) is 0 Å². The Balaban J connectivity index is 1.50. The average Bonchev–Trinajstić information content (AvgIpc) is 3.09. The van der Waals surface area contributed by atoms with Crippen molar-refractivity contribution in [1.29, 1.82) is 0 Å². The number of nitrogens with two attached hydrogens (primary N) is 1. The lowest BCUT2D eigenvalue weighted by molar-refractivity contribution is -0.134. The zero-order valence-electron chi connectivity index (χ0n) is 13.4. The minimum absolute atomic E-state index is 0.0392. The molecule has 2 aromatic rings. The molecule has 3 rings (SSSR count). The highest BCUT2D eigenvalue weighted by Crippen LogP contribution is 2.19. The van der Waals surface area contributed by atoms with E-state index in [4.69, 9.17) is 10.2 Å². The molecule has 0 radical (unpaired) electrons. The van der Waals surface area contributed by atoms with Gasteiger partial charge in [-0.2, -0.15) is 0 Å². The Hall–Kier alpha value is -2.70. The van der Waals surface area contributed by atoms with Crippen molar-refractivity contribution in [2.45, 2.75) is 25.7 Å². The molecule has 24 heavy (non-hydrogen) atoms. The van der Waals surface area contributed by atoms with Crippen LogP contribution in [0.15, 0.2) is 34.7 Å². The van der Waals surface area contributed by atoms with Crippen LogP contribution in [0.3, 0.4) is 0 Å². The second-order valence-corrected chi connectivity index (χ2v) is 5.92. The number of carbonyl (C=O) groups is 2. The lowest BCUT2D eigenvalue weighted by Gasteiger charge is -2.30. The lowest BCUT2D eigenvalue weighted by atomic mass is 9.96. The number of rotatable bonds is 5. The van der Waals surface area contributed by atoms with E-state index in [1.807, 2.05) is 30.3 Å². The van der Waals surface area contributed by atoms with Crippen molar-refractivity contribution < 1.29 is 14.0 Å². The Kier molecular flexibility index (Phi) is 4.88. The molecule has 2 heterocycles. The maximum atomic E-state index is 12.2. The molecule has 126 valence electrons. The van der Waals surface area contributed by atoms with Crippen molar-refractivity contribution >= 4 is 11.8 Å². The van der Waals surface area contributed by atoms with Gasteiger partial charge in [0.05, 0.1) is 0 Å². The summed E-state index contributed by atoms with van der Waals surface area (Å²) in [5.41, 5.74) is 6.16. The Morgan fingerprint density at radius 1 is 1.17 bits per heavy atom. The van der Waals surface area contributed by atoms with Gasteiger partial charge in [0.1, 0.15) is 0 Å². The third kappa shape index (κ3) is 3.79. The molecule has 1 aromatic heterocycles. The zero-order chi connectivity index (χ0) is 16.9. The molecule has 0 unspecified atom stereocenters. The average molecular weight is 328 g/mol. The van der Waals surface area contributed by atoms with Crippen molar-refractivity contribution in [3.05, 3.63) is 36.2 Å². The fourth-order valence-electron chi connectivity index (χ4n) is 2.84. The minimum atomic E-state index is -0.276. The molecule has 7 nitrogen and oxygen atoms in total. The number of aryl methyl sites for hydroxylation is 1. The van der Waals surface area contributed by atoms with E-state index >= 15 is 0 Å². The number of aromatic nitrogens is 2. The summed E-state index contributed by atoms with van der Waals surface area (Å²) in [6.07, 6.45) is 2.01. The second kappa shape index (κ2) is 7.25. The van der Waals surface area contributed by atoms with E-state index in [0.29, 0.717) is 50.6 Å². The molecular weight excluding hydrogens is 308 g/mol. The van der Waals surface area contributed by atoms with Gasteiger partial charge in [0.15, 0.2) is 0 Å². The number of likely N-dealkylation sites (tertiary alicyclic amines) is 1. The van der Waals surface area contributed by atoms with E-state index in [2.05, 4.69) is 10.2 Å². The molecule has 0 bridgehead atoms. The van der Waals surface area contributed by atoms with Gasteiger partial charge in [-0.1, -0.05) is 18.2 Å². The smallest absolute Gasteiger partial charge is 0.247 e. The van der Waals surface area contributed by atoms with Gasteiger partial charge in [-0.3, -0.25) is 9.59 Å². The Bertz CT molecular complexity index is 706. The molecule has 1 saturated heterocycles. The molecule has 1 aromatic carbocycles. The van der Waals surface area contributed by atoms with Crippen LogP contribution in [0.4, 0.5) is 0 Å². The lowest BCUT2D eigenvalue weighted by Crippen LogP contribution is -2.41. The van der Waals surface area contributed by atoms with Crippen LogP contribution in [0.2, 0.25) is 0 Å². The summed E-state index contributed by atoms with van der Waals surface area (Å²) in [5, 5.41) is 8.01. The van der Waals surface area contributed by atoms with Gasteiger partial charge in [0.2, 0.25) is 23.6 Å². The van der Waals surface area contributed by atoms with Crippen LogP contribution in [0.5, 0.6) is 0 Å². The van der Waals surface area contributed by atoms with Crippen LogP contribution < -0.4 is 5.73 Å². The fraction of sp³-hybridized carbons (Fsp3) is 0.412. The first-order valence-electron chi connectivity index (χ1n) is 8.08. The Morgan fingerprint density at radius 3 is 2.54 bits per heavy atom. The van der Waals surface area contributed by atoms with E-state index in [1.54, 1.807) is 4.90 Å². The molecule has 0 atom stereocenters. The molecular formula is C17H20N4O3. The molecule has 0 aliphatic carbocycles. The second-order valence-electron chi connectivity index (χ2n) is 5.92. The predicted octanol–water partition coefficient (Wildman–Crippen LogP) is 1.39. The first kappa shape index (κ1) is 16.2. The summed E-state index contributed by atoms with van der Waals surface area (Å²) in [5.74, 6) is 0.562. The molecule has 1 aliphatic heterocycles. The predicted molar refractivity (Wildman–Crippen MR) is 86.6 cm³/mol. The number of hydrogen-bond acceptors (Lipinski definition) is 5. The quantitative estimate of drug-likeness (QED) is 0.893. The topological polar surface area (TPSA) is 102 Å². The van der Waals surface area contributed by atoms with Gasteiger partial charge >= 0.3 is 0 Å². The SMILES string of the molecule is NC(=O)C1CCN(C(=O)CCc2nnc(-c3ccccc3)o2)CC1. The maximum absolute atomic E-state index is 12.2. The highest BCUT2D eigenvalue weighted by atomic mass is 16.4. The highest BCUT2D eigenvalue weighted by molar-refractivity contribution is 5.78. The summed E-state index contributed by atoms with van der Waals surface area (Å²) in [6.45, 7) is 1.15. The number of nitrogens with zero attached hydrogens (tertiary/aromatic N) is 3. The van der Waals surface area contributed by atoms with Crippen LogP contribution in [0, 0.1) is 5.92 Å². The van der Waals surface area contributed by atoms with Crippen molar-refractivity contribution in [3.8, 4) is 11.5 Å². The van der Waals surface area contributed by atoms with Gasteiger partial charge in [-0.15, -0.1) is 10.2 Å². The molecule has 0 spiro atoms. The monoisotopic (exact) mass is 328 g/mol. The Morgan fingerprint density at radius 2 is 1.88 bits per heavy atom. The van der Waals surface area contributed by atoms with Gasteiger partial charge in [-0.25, -0.2) is 0 Å². The normalized spacial score (nSPS) is 15.4. The van der Waals surface area contributed by atoms with Crippen molar-refractivity contribution in [2.24, 2.45) is 11.7 Å². The van der Waals surface area contributed by atoms with Crippen LogP contribution >= 0.6 is 0 Å². The third-order valence-electron chi connectivity index (χ3n) is 4.29. The standard InChI is InChI=1S/C17H20N4O3/c18-16(23)12-8-10-21(11-9-12)15(22)7-6-14-19-20-17(24-14)13-4-2-1-3-5-13/h1-5,12H,6-11H2,(H2,18,23). The van der Waals surface area contributed by atoms with Crippen molar-refractivity contribution in [1.82, 2.24) is 15.1 Å². The third-order valence-corrected chi connectivity index (χ3v) is 4.29. The van der Waals surface area contributed by atoms with Gasteiger partial charge in [0.25, 0.3) is 0 Å². The number of piperidine rings is 1. The number of amides is 2. The Labute approximate surface area is 139 Å². The number of benzene rings is 1. The largest absolute Gasteiger partial charge is 0.421 e. The van der Waals surface area contributed by atoms with E-state index in [-0.39, 0.29) is 17.7 Å². The number of carbonyl (C=O) groups excluding carboxylic acids is 2. The fourth-order valence-corrected chi connectivity index (χ4v) is 2.84. The maximum Gasteiger partial charge on any atom is 0.247 e. The number of hydrogen-bond donors (Lipinski definition) is 1. The first-order chi connectivity index (χ1) is 11.6. The van der Waals surface area contributed by atoms with Gasteiger partial charge in [-0.05, 0) is 25.0 Å². The van der Waals surface area contributed by atoms with E-state index < -0.39 is 0 Å². The van der Waals surface area contributed by atoms with Crippen molar-refractivity contribution in [2.75, 3.05) is 13.1 Å². The summed E-state index contributed by atoms with van der Waals surface area (Å²) in [4.78, 5) is 25.2. The van der Waals surface area contributed by atoms with Crippen LogP contribution in [-0.4, -0.2) is 40.0 Å². The van der Waals surface area contributed by atoms with Crippen LogP contribution in [0.25, 0.3) is 11.5 Å². The highest BCUT2D eigenvalue weighted by Gasteiger charge is 2.25. The molecule has 1 aliphatic rings. The van der Waals surface area contributed by atoms with Crippen LogP contribution in [-0.2, 0) is 16.0 Å². The summed E-state index contributed by atoms with van der Waals surface area (Å²) in [7, 11) is 0. The van der Waals surface area contributed by atoms with Crippen LogP contribution in [0.1, 0.15) is 25.2 Å². The molecule has 2 amide bonds. The number of primary amides is 1. The summed E-state index contributed by atoms with van der Waals surface area (Å²) < 4.78 is 5.60. The molecule has 7 heteroatoms. The zero-order valence-corrected chi connectivity index (χ0v) is 13.4. The van der Waals surface area contributed by atoms with E-state index in [0.717, 1.165) is 5.56 Å². The molecule has 2 N–H and O–H groups in total. The summed E-state index contributed by atoms with van der Waals surface area (Å²) in [6, 6.07) is 9.51. The summed E-state index contributed by atoms with van der Waals surface area (Å²) >= 11 is 0. The first-order valence-corrected chi connectivity index (χ1v) is 8.08. The van der Waals surface area contributed by atoms with Gasteiger partial charge in [0, 0.05) is 37.4 Å². The molecule has 0 saturated carbocycles. The van der Waals surface area contributed by atoms with E-state index in [9.17, 15) is 9.59 Å². The van der Waals surface area contributed by atoms with Crippen molar-refractivity contribution in [3.63, 3.8) is 0 Å². The molecule has 1 fully saturated rings. The van der Waals surface area contributed by atoms with Gasteiger partial charge < -0.3 is 15.1 Å².